The fourth-order valence-corrected chi connectivity index (χ4v) is 3.81. The molecule has 22 heavy (non-hydrogen) atoms. The highest BCUT2D eigenvalue weighted by molar-refractivity contribution is 8.39. The summed E-state index contributed by atoms with van der Waals surface area (Å²) in [6.07, 6.45) is 1.73. The van der Waals surface area contributed by atoms with Crippen LogP contribution in [0.15, 0.2) is 53.8 Å². The molecule has 0 radical (unpaired) electrons. The van der Waals surface area contributed by atoms with Gasteiger partial charge < -0.3 is 0 Å². The van der Waals surface area contributed by atoms with Crippen molar-refractivity contribution in [2.45, 2.75) is 5.37 Å². The van der Waals surface area contributed by atoms with Crippen LogP contribution in [0, 0.1) is 5.82 Å². The van der Waals surface area contributed by atoms with E-state index in [2.05, 4.69) is 15.5 Å². The Morgan fingerprint density at radius 3 is 3.00 bits per heavy atom. The van der Waals surface area contributed by atoms with Gasteiger partial charge in [0.05, 0.1) is 11.4 Å². The van der Waals surface area contributed by atoms with E-state index in [1.807, 2.05) is 18.2 Å². The van der Waals surface area contributed by atoms with E-state index in [0.717, 1.165) is 10.1 Å². The molecule has 0 bridgehead atoms. The second-order valence-electron chi connectivity index (χ2n) is 4.48. The fraction of sp³-hybridized carbons (Fsp3) is 0.133. The molecule has 0 spiro atoms. The zero-order valence-corrected chi connectivity index (χ0v) is 13.0. The molecule has 0 saturated carbocycles. The molecule has 0 saturated heterocycles. The lowest BCUT2D eigenvalue weighted by molar-refractivity contribution is 0.102. The van der Waals surface area contributed by atoms with Crippen LogP contribution in [-0.4, -0.2) is 20.9 Å². The van der Waals surface area contributed by atoms with Gasteiger partial charge in [0, 0.05) is 11.8 Å². The summed E-state index contributed by atoms with van der Waals surface area (Å²) >= 11 is 2.86. The molecule has 2 heterocycles. The predicted molar refractivity (Wildman–Crippen MR) is 88.3 cm³/mol. The summed E-state index contributed by atoms with van der Waals surface area (Å²) in [5.74, 6) is -0.291. The molecule has 1 unspecified atom stereocenters. The number of Topliss-reactive ketones (excluding diaryl/α,β-unsaturated/α-hetero) is 1. The number of thioether (sulfide) groups is 2. The standard InChI is InChI=1S/C15H12FN3OS2/c16-11-5-3-4-10(8-11)13(20)9-21-15-19-18-14(22-15)12-6-1-2-7-17-12/h1-8,14,18H,9H2. The maximum absolute atomic E-state index is 13.1. The molecule has 2 aromatic rings. The second kappa shape index (κ2) is 6.93. The fourth-order valence-electron chi connectivity index (χ4n) is 1.86. The Kier molecular flexibility index (Phi) is 4.74. The van der Waals surface area contributed by atoms with Gasteiger partial charge in [-0.05, 0) is 24.3 Å². The molecule has 1 aromatic carbocycles. The van der Waals surface area contributed by atoms with Gasteiger partial charge in [-0.1, -0.05) is 41.7 Å². The number of nitrogens with one attached hydrogen (secondary N) is 1. The number of hydrogen-bond acceptors (Lipinski definition) is 6. The molecular weight excluding hydrogens is 321 g/mol. The minimum atomic E-state index is -0.402. The van der Waals surface area contributed by atoms with Crippen molar-refractivity contribution in [1.82, 2.24) is 10.4 Å². The number of rotatable bonds is 4. The molecule has 0 aliphatic carbocycles. The molecule has 1 aromatic heterocycles. The van der Waals surface area contributed by atoms with E-state index < -0.39 is 5.82 Å². The van der Waals surface area contributed by atoms with Crippen molar-refractivity contribution in [2.75, 3.05) is 5.75 Å². The average molecular weight is 333 g/mol. The summed E-state index contributed by atoms with van der Waals surface area (Å²) in [5.41, 5.74) is 4.26. The third-order valence-corrected chi connectivity index (χ3v) is 5.18. The van der Waals surface area contributed by atoms with Gasteiger partial charge in [-0.2, -0.15) is 5.10 Å². The van der Waals surface area contributed by atoms with Crippen LogP contribution in [-0.2, 0) is 0 Å². The topological polar surface area (TPSA) is 54.4 Å². The van der Waals surface area contributed by atoms with Crippen molar-refractivity contribution in [3.8, 4) is 0 Å². The van der Waals surface area contributed by atoms with Crippen molar-refractivity contribution in [3.63, 3.8) is 0 Å². The lowest BCUT2D eigenvalue weighted by Gasteiger charge is -2.07. The van der Waals surface area contributed by atoms with Crippen LogP contribution in [0.1, 0.15) is 21.4 Å². The number of nitrogens with zero attached hydrogens (tertiary/aromatic N) is 2. The highest BCUT2D eigenvalue weighted by Crippen LogP contribution is 2.34. The van der Waals surface area contributed by atoms with Crippen LogP contribution >= 0.6 is 23.5 Å². The average Bonchev–Trinajstić information content (AvgIpc) is 3.02. The normalized spacial score (nSPS) is 17.0. The van der Waals surface area contributed by atoms with Crippen molar-refractivity contribution in [3.05, 3.63) is 65.7 Å². The summed E-state index contributed by atoms with van der Waals surface area (Å²) < 4.78 is 13.9. The highest BCUT2D eigenvalue weighted by atomic mass is 32.2. The van der Waals surface area contributed by atoms with E-state index in [-0.39, 0.29) is 16.9 Å². The van der Waals surface area contributed by atoms with E-state index in [1.165, 1.54) is 41.7 Å². The molecule has 0 amide bonds. The minimum Gasteiger partial charge on any atom is -0.293 e. The first-order chi connectivity index (χ1) is 10.7. The molecule has 1 aliphatic rings. The molecule has 3 rings (SSSR count). The van der Waals surface area contributed by atoms with E-state index in [1.54, 1.807) is 12.3 Å². The first-order valence-electron chi connectivity index (χ1n) is 6.55. The summed E-state index contributed by atoms with van der Waals surface area (Å²) in [5, 5.41) is 4.17. The van der Waals surface area contributed by atoms with Crippen LogP contribution in [0.4, 0.5) is 4.39 Å². The van der Waals surface area contributed by atoms with Gasteiger partial charge in [-0.25, -0.2) is 4.39 Å². The molecule has 0 fully saturated rings. The van der Waals surface area contributed by atoms with Crippen molar-refractivity contribution >= 4 is 33.7 Å². The second-order valence-corrected chi connectivity index (χ2v) is 6.80. The van der Waals surface area contributed by atoms with Crippen LogP contribution in [0.2, 0.25) is 0 Å². The summed E-state index contributed by atoms with van der Waals surface area (Å²) in [6.45, 7) is 0. The zero-order chi connectivity index (χ0) is 15.4. The summed E-state index contributed by atoms with van der Waals surface area (Å²) in [7, 11) is 0. The maximum Gasteiger partial charge on any atom is 0.173 e. The summed E-state index contributed by atoms with van der Waals surface area (Å²) in [6, 6.07) is 11.4. The Morgan fingerprint density at radius 2 is 2.23 bits per heavy atom. The number of aromatic nitrogens is 1. The Balaban J connectivity index is 1.54. The van der Waals surface area contributed by atoms with Gasteiger partial charge in [-0.15, -0.1) is 0 Å². The third kappa shape index (κ3) is 3.66. The highest BCUT2D eigenvalue weighted by Gasteiger charge is 2.23. The maximum atomic E-state index is 13.1. The quantitative estimate of drug-likeness (QED) is 0.869. The smallest absolute Gasteiger partial charge is 0.173 e. The first-order valence-corrected chi connectivity index (χ1v) is 8.41. The molecule has 1 aliphatic heterocycles. The Bertz CT molecular complexity index is 709. The number of pyridine rings is 1. The predicted octanol–water partition coefficient (Wildman–Crippen LogP) is 3.44. The third-order valence-electron chi connectivity index (χ3n) is 2.92. The van der Waals surface area contributed by atoms with Crippen LogP contribution in [0.5, 0.6) is 0 Å². The number of halogens is 1. The number of hydrogen-bond donors (Lipinski definition) is 1. The number of hydrazone groups is 1. The lowest BCUT2D eigenvalue weighted by Crippen LogP contribution is -2.07. The minimum absolute atomic E-state index is 0.0343. The lowest BCUT2D eigenvalue weighted by atomic mass is 10.1. The molecular formula is C15H12FN3OS2. The van der Waals surface area contributed by atoms with Crippen molar-refractivity contribution in [2.24, 2.45) is 5.10 Å². The Morgan fingerprint density at radius 1 is 1.32 bits per heavy atom. The number of carbonyl (C=O) groups excluding carboxylic acids is 1. The monoisotopic (exact) mass is 333 g/mol. The zero-order valence-electron chi connectivity index (χ0n) is 11.4. The molecule has 112 valence electrons. The Labute approximate surface area is 135 Å². The van der Waals surface area contributed by atoms with Gasteiger partial charge in [0.15, 0.2) is 10.2 Å². The van der Waals surface area contributed by atoms with Gasteiger partial charge in [0.25, 0.3) is 0 Å². The van der Waals surface area contributed by atoms with Crippen LogP contribution in [0.3, 0.4) is 0 Å². The van der Waals surface area contributed by atoms with Crippen molar-refractivity contribution < 1.29 is 9.18 Å². The van der Waals surface area contributed by atoms with Crippen molar-refractivity contribution in [1.29, 1.82) is 0 Å². The van der Waals surface area contributed by atoms with E-state index in [4.69, 9.17) is 0 Å². The van der Waals surface area contributed by atoms with Crippen LogP contribution < -0.4 is 5.43 Å². The van der Waals surface area contributed by atoms with Gasteiger partial charge in [0.2, 0.25) is 0 Å². The van der Waals surface area contributed by atoms with Crippen LogP contribution in [0.25, 0.3) is 0 Å². The molecule has 7 heteroatoms. The SMILES string of the molecule is O=C(CSC1=NNC(c2ccccn2)S1)c1cccc(F)c1. The first kappa shape index (κ1) is 15.1. The summed E-state index contributed by atoms with van der Waals surface area (Å²) in [4.78, 5) is 16.3. The molecule has 1 atom stereocenters. The number of carbonyl (C=O) groups is 1. The molecule has 1 N–H and O–H groups in total. The van der Waals surface area contributed by atoms with E-state index in [0.29, 0.717) is 5.56 Å². The van der Waals surface area contributed by atoms with E-state index in [9.17, 15) is 9.18 Å². The Hall–Kier alpha value is -1.86. The number of ketones is 1. The number of benzene rings is 1. The van der Waals surface area contributed by atoms with Gasteiger partial charge in [0.1, 0.15) is 11.2 Å². The van der Waals surface area contributed by atoms with Gasteiger partial charge in [-0.3, -0.25) is 15.2 Å². The largest absolute Gasteiger partial charge is 0.293 e. The van der Waals surface area contributed by atoms with Gasteiger partial charge >= 0.3 is 0 Å². The van der Waals surface area contributed by atoms with E-state index >= 15 is 0 Å². The molecule has 4 nitrogen and oxygen atoms in total.